The molecule has 1 saturated heterocycles. The molecule has 2 heteroatoms. The average molecular weight is 441 g/mol. The number of ketones is 1. The van der Waals surface area contributed by atoms with Crippen molar-refractivity contribution in [2.45, 2.75) is 124 Å². The summed E-state index contributed by atoms with van der Waals surface area (Å²) in [5, 5.41) is 0. The summed E-state index contributed by atoms with van der Waals surface area (Å²) in [5.41, 5.74) is 2.60. The second-order valence-electron chi connectivity index (χ2n) is 14.4. The third-order valence-corrected chi connectivity index (χ3v) is 12.6. The van der Waals surface area contributed by atoms with E-state index in [9.17, 15) is 4.79 Å². The monoisotopic (exact) mass is 440 g/mol. The molecule has 0 bridgehead atoms. The minimum atomic E-state index is -0.142. The van der Waals surface area contributed by atoms with Crippen LogP contribution in [0.2, 0.25) is 0 Å². The van der Waals surface area contributed by atoms with Crippen LogP contribution in [0.3, 0.4) is 0 Å². The van der Waals surface area contributed by atoms with E-state index in [0.29, 0.717) is 40.0 Å². The van der Waals surface area contributed by atoms with Crippen molar-refractivity contribution in [2.24, 2.45) is 45.3 Å². The number of epoxide rings is 1. The van der Waals surface area contributed by atoms with Gasteiger partial charge in [0.25, 0.3) is 0 Å². The number of hydrogen-bond acceptors (Lipinski definition) is 2. The van der Waals surface area contributed by atoms with Crippen LogP contribution in [-0.2, 0) is 9.53 Å². The second-order valence-corrected chi connectivity index (χ2v) is 14.4. The molecule has 0 amide bonds. The summed E-state index contributed by atoms with van der Waals surface area (Å²) in [6.07, 6.45) is 12.6. The van der Waals surface area contributed by atoms with E-state index in [2.05, 4.69) is 55.0 Å². The first-order valence-corrected chi connectivity index (χ1v) is 13.7. The van der Waals surface area contributed by atoms with Crippen molar-refractivity contribution in [3.8, 4) is 0 Å². The van der Waals surface area contributed by atoms with Gasteiger partial charge in [-0.25, -0.2) is 0 Å². The van der Waals surface area contributed by atoms with Gasteiger partial charge < -0.3 is 4.74 Å². The lowest BCUT2D eigenvalue weighted by molar-refractivity contribution is -0.201. The molecular formula is C30H48O2. The number of hydrogen-bond donors (Lipinski definition) is 0. The molecule has 32 heavy (non-hydrogen) atoms. The van der Waals surface area contributed by atoms with E-state index in [1.165, 1.54) is 44.1 Å². The van der Waals surface area contributed by atoms with Crippen molar-refractivity contribution >= 4 is 5.78 Å². The van der Waals surface area contributed by atoms with Crippen molar-refractivity contribution in [1.82, 2.24) is 0 Å². The van der Waals surface area contributed by atoms with Crippen molar-refractivity contribution < 1.29 is 9.53 Å². The van der Waals surface area contributed by atoms with Crippen molar-refractivity contribution in [3.63, 3.8) is 0 Å². The first-order valence-electron chi connectivity index (χ1n) is 13.7. The van der Waals surface area contributed by atoms with Gasteiger partial charge in [0.2, 0.25) is 0 Å². The molecular weight excluding hydrogens is 392 g/mol. The van der Waals surface area contributed by atoms with Gasteiger partial charge >= 0.3 is 0 Å². The summed E-state index contributed by atoms with van der Waals surface area (Å²) in [6, 6.07) is 0. The number of carbonyl (C=O) groups excluding carboxylic acids is 1. The number of fused-ring (bicyclic) bond motifs is 5. The van der Waals surface area contributed by atoms with Gasteiger partial charge in [-0.15, -0.1) is 0 Å². The maximum Gasteiger partial charge on any atom is 0.138 e. The first-order chi connectivity index (χ1) is 14.8. The minimum Gasteiger partial charge on any atom is -0.367 e. The largest absolute Gasteiger partial charge is 0.367 e. The van der Waals surface area contributed by atoms with Crippen LogP contribution in [0.5, 0.6) is 0 Å². The summed E-state index contributed by atoms with van der Waals surface area (Å²) < 4.78 is 5.85. The van der Waals surface area contributed by atoms with Gasteiger partial charge in [0.05, 0.1) is 11.7 Å². The van der Waals surface area contributed by atoms with Crippen molar-refractivity contribution in [3.05, 3.63) is 12.2 Å². The van der Waals surface area contributed by atoms with E-state index in [4.69, 9.17) is 4.74 Å². The molecule has 1 aliphatic heterocycles. The van der Waals surface area contributed by atoms with Crippen molar-refractivity contribution in [1.29, 1.82) is 0 Å². The van der Waals surface area contributed by atoms with Gasteiger partial charge in [-0.2, -0.15) is 0 Å². The van der Waals surface area contributed by atoms with Crippen LogP contribution in [0, 0.1) is 45.3 Å². The minimum absolute atomic E-state index is 0.0965. The zero-order valence-electron chi connectivity index (χ0n) is 22.0. The molecule has 5 aliphatic rings. The second kappa shape index (κ2) is 6.96. The van der Waals surface area contributed by atoms with Gasteiger partial charge in [-0.05, 0) is 112 Å². The van der Waals surface area contributed by atoms with E-state index in [1.807, 2.05) is 0 Å². The molecule has 4 saturated carbocycles. The number of rotatable bonds is 4. The summed E-state index contributed by atoms with van der Waals surface area (Å²) in [6.45, 7) is 21.5. The maximum absolute atomic E-state index is 12.9. The number of allylic oxidation sites excluding steroid dienone is 1. The predicted molar refractivity (Wildman–Crippen MR) is 131 cm³/mol. The summed E-state index contributed by atoms with van der Waals surface area (Å²) in [4.78, 5) is 12.9. The standard InChI is InChI=1S/C30H48O2/c1-19(9-12-25-27(4,5)32-25)20-13-17-29(7)21(20)10-11-23-28(6)16-15-24(31)26(2,3)22(28)14-18-30(23,29)8/h20-23,25H,1,9-18H2,2-8H3/t20-,21?,22?,23-,25?,28+,29+,30-/m0/s1. The van der Waals surface area contributed by atoms with Gasteiger partial charge in [-0.1, -0.05) is 46.8 Å². The van der Waals surface area contributed by atoms with Crippen LogP contribution in [0.1, 0.15) is 113 Å². The molecule has 0 aromatic rings. The average Bonchev–Trinajstić information content (AvgIpc) is 3.15. The van der Waals surface area contributed by atoms with Gasteiger partial charge in [0.15, 0.2) is 0 Å². The Balaban J connectivity index is 1.37. The topological polar surface area (TPSA) is 29.6 Å². The van der Waals surface area contributed by atoms with Crippen LogP contribution in [0.25, 0.3) is 0 Å². The lowest BCUT2D eigenvalue weighted by Crippen LogP contribution is -2.63. The van der Waals surface area contributed by atoms with E-state index in [-0.39, 0.29) is 11.0 Å². The Bertz CT molecular complexity index is 823. The third kappa shape index (κ3) is 2.96. The molecule has 5 fully saturated rings. The lowest BCUT2D eigenvalue weighted by atomic mass is 9.35. The van der Waals surface area contributed by atoms with Gasteiger partial charge in [0.1, 0.15) is 5.78 Å². The Kier molecular flexibility index (Phi) is 5.03. The predicted octanol–water partition coefficient (Wildman–Crippen LogP) is 7.75. The Morgan fingerprint density at radius 3 is 2.22 bits per heavy atom. The molecule has 0 spiro atoms. The van der Waals surface area contributed by atoms with E-state index >= 15 is 0 Å². The molecule has 0 aromatic heterocycles. The van der Waals surface area contributed by atoms with Gasteiger partial charge in [-0.3, -0.25) is 4.79 Å². The van der Waals surface area contributed by atoms with Gasteiger partial charge in [0, 0.05) is 11.8 Å². The first kappa shape index (κ1) is 23.1. The Morgan fingerprint density at radius 1 is 0.906 bits per heavy atom. The molecule has 2 nitrogen and oxygen atoms in total. The number of ether oxygens (including phenoxy) is 1. The maximum atomic E-state index is 12.9. The molecule has 4 aliphatic carbocycles. The molecule has 1 heterocycles. The fourth-order valence-electron chi connectivity index (χ4n) is 10.3. The number of carbonyl (C=O) groups is 1. The van der Waals surface area contributed by atoms with Crippen LogP contribution in [-0.4, -0.2) is 17.5 Å². The highest BCUT2D eigenvalue weighted by Crippen LogP contribution is 2.75. The smallest absolute Gasteiger partial charge is 0.138 e. The molecule has 5 rings (SSSR count). The quantitative estimate of drug-likeness (QED) is 0.330. The Morgan fingerprint density at radius 2 is 1.56 bits per heavy atom. The van der Waals surface area contributed by atoms with Crippen LogP contribution < -0.4 is 0 Å². The molecule has 0 aromatic carbocycles. The van der Waals surface area contributed by atoms with E-state index in [1.54, 1.807) is 0 Å². The van der Waals surface area contributed by atoms with Crippen LogP contribution in [0.4, 0.5) is 0 Å². The highest BCUT2D eigenvalue weighted by Gasteiger charge is 2.68. The molecule has 0 radical (unpaired) electrons. The summed E-state index contributed by atoms with van der Waals surface area (Å²) in [5.74, 6) is 3.33. The molecule has 3 unspecified atom stereocenters. The Hall–Kier alpha value is -0.630. The third-order valence-electron chi connectivity index (χ3n) is 12.6. The molecule has 180 valence electrons. The zero-order valence-corrected chi connectivity index (χ0v) is 22.0. The van der Waals surface area contributed by atoms with Crippen LogP contribution >= 0.6 is 0 Å². The highest BCUT2D eigenvalue weighted by molar-refractivity contribution is 5.85. The van der Waals surface area contributed by atoms with Crippen LogP contribution in [0.15, 0.2) is 12.2 Å². The highest BCUT2D eigenvalue weighted by atomic mass is 16.6. The fraction of sp³-hybridized carbons (Fsp3) is 0.900. The normalized spacial score (nSPS) is 50.8. The SMILES string of the molecule is C=C(CCC1OC1(C)C)[C@@H]1CC[C@]2(C)C1CC[C@@H]1[C@]2(C)CCC2C(C)(C)C(=O)CC[C@]21C. The van der Waals surface area contributed by atoms with E-state index in [0.717, 1.165) is 37.5 Å². The molecule has 8 atom stereocenters. The van der Waals surface area contributed by atoms with E-state index < -0.39 is 0 Å². The summed E-state index contributed by atoms with van der Waals surface area (Å²) in [7, 11) is 0. The number of Topliss-reactive ketones (excluding diaryl/α,β-unsaturated/α-hetero) is 1. The lowest BCUT2D eigenvalue weighted by Gasteiger charge is -2.69. The summed E-state index contributed by atoms with van der Waals surface area (Å²) >= 11 is 0. The Labute approximate surface area is 197 Å². The fourth-order valence-corrected chi connectivity index (χ4v) is 10.3. The van der Waals surface area contributed by atoms with Crippen molar-refractivity contribution in [2.75, 3.05) is 0 Å². The zero-order chi connectivity index (χ0) is 23.3. The molecule has 0 N–H and O–H groups in total.